The molecule has 2 atom stereocenters. The highest BCUT2D eigenvalue weighted by Gasteiger charge is 2.33. The molecule has 8 heteroatoms. The van der Waals surface area contributed by atoms with E-state index in [9.17, 15) is 14.0 Å². The Bertz CT molecular complexity index is 769. The molecule has 3 fully saturated rings. The summed E-state index contributed by atoms with van der Waals surface area (Å²) in [5.74, 6) is 0.0650. The van der Waals surface area contributed by atoms with E-state index in [-0.39, 0.29) is 29.7 Å². The average Bonchev–Trinajstić information content (AvgIpc) is 3.62. The number of carbonyl (C=O) groups excluding carboxylic acids is 2. The number of hydrogen-bond donors (Lipinski definition) is 1. The van der Waals surface area contributed by atoms with Crippen LogP contribution in [0.3, 0.4) is 0 Å². The smallest absolute Gasteiger partial charge is 0.239 e. The second-order valence-electron chi connectivity index (χ2n) is 9.00. The topological polar surface area (TPSA) is 59.1 Å². The number of nitrogens with zero attached hydrogens (tertiary/aromatic N) is 4. The summed E-state index contributed by atoms with van der Waals surface area (Å²) in [6.45, 7) is 10.0. The highest BCUT2D eigenvalue weighted by Crippen LogP contribution is 2.20. The van der Waals surface area contributed by atoms with Crippen LogP contribution in [-0.2, 0) is 9.59 Å². The lowest BCUT2D eigenvalue weighted by molar-refractivity contribution is -0.138. The number of piperazine rings is 2. The number of benzene rings is 1. The highest BCUT2D eigenvalue weighted by molar-refractivity contribution is 5.82. The fourth-order valence-electron chi connectivity index (χ4n) is 4.48. The van der Waals surface area contributed by atoms with Crippen molar-refractivity contribution >= 4 is 17.5 Å². The Hall–Kier alpha value is -2.19. The fraction of sp³-hybridized carbons (Fsp3) is 0.652. The minimum atomic E-state index is -0.232. The summed E-state index contributed by atoms with van der Waals surface area (Å²) in [4.78, 5) is 34.0. The number of anilines is 1. The lowest BCUT2D eigenvalue weighted by atomic mass is 10.1. The van der Waals surface area contributed by atoms with Crippen LogP contribution in [0.4, 0.5) is 10.1 Å². The monoisotopic (exact) mass is 431 g/mol. The summed E-state index contributed by atoms with van der Waals surface area (Å²) in [6.07, 6.45) is 2.20. The van der Waals surface area contributed by atoms with Gasteiger partial charge in [0.05, 0.1) is 12.1 Å². The van der Waals surface area contributed by atoms with Crippen molar-refractivity contribution in [2.45, 2.75) is 44.8 Å². The molecule has 2 amide bonds. The SMILES string of the molecule is CC(C(=O)NC1CC1)N1CCN(C(C)C(=O)N2CCN(c3ccc(F)cc3)CC2)CC1. The molecule has 1 saturated carbocycles. The van der Waals surface area contributed by atoms with Crippen molar-refractivity contribution < 1.29 is 14.0 Å². The van der Waals surface area contributed by atoms with E-state index in [1.807, 2.05) is 18.7 Å². The third-order valence-corrected chi connectivity index (χ3v) is 6.89. The van der Waals surface area contributed by atoms with Gasteiger partial charge in [-0.25, -0.2) is 4.39 Å². The van der Waals surface area contributed by atoms with Gasteiger partial charge in [0.1, 0.15) is 5.82 Å². The van der Waals surface area contributed by atoms with E-state index in [0.29, 0.717) is 19.1 Å². The third kappa shape index (κ3) is 5.36. The standard InChI is InChI=1S/C23H34FN5O2/c1-17(22(30)25-20-5-6-20)26-9-11-27(12-10-26)18(2)23(31)29-15-13-28(14-16-29)21-7-3-19(24)4-8-21/h3-4,7-8,17-18,20H,5-6,9-16H2,1-2H3,(H,25,30). The van der Waals surface area contributed by atoms with Gasteiger partial charge >= 0.3 is 0 Å². The normalized spacial score (nSPS) is 22.8. The van der Waals surface area contributed by atoms with E-state index in [4.69, 9.17) is 0 Å². The zero-order valence-electron chi connectivity index (χ0n) is 18.6. The Kier molecular flexibility index (Phi) is 6.77. The van der Waals surface area contributed by atoms with Crippen LogP contribution in [0.2, 0.25) is 0 Å². The van der Waals surface area contributed by atoms with Gasteiger partial charge in [0, 0.05) is 64.1 Å². The zero-order chi connectivity index (χ0) is 22.0. The number of amides is 2. The van der Waals surface area contributed by atoms with Crippen LogP contribution in [0.25, 0.3) is 0 Å². The number of hydrogen-bond acceptors (Lipinski definition) is 5. The number of halogens is 1. The van der Waals surface area contributed by atoms with E-state index in [2.05, 4.69) is 20.0 Å². The van der Waals surface area contributed by atoms with E-state index in [1.165, 1.54) is 12.1 Å². The van der Waals surface area contributed by atoms with Crippen LogP contribution < -0.4 is 10.2 Å². The molecule has 1 aromatic rings. The molecule has 0 bridgehead atoms. The Morgan fingerprint density at radius 3 is 1.97 bits per heavy atom. The summed E-state index contributed by atoms with van der Waals surface area (Å²) in [6, 6.07) is 6.65. The van der Waals surface area contributed by atoms with Gasteiger partial charge in [0.2, 0.25) is 11.8 Å². The molecule has 1 aliphatic carbocycles. The van der Waals surface area contributed by atoms with Crippen molar-refractivity contribution in [3.05, 3.63) is 30.1 Å². The first-order valence-corrected chi connectivity index (χ1v) is 11.5. The first-order valence-electron chi connectivity index (χ1n) is 11.5. The number of rotatable bonds is 6. The van der Waals surface area contributed by atoms with Crippen molar-refractivity contribution in [3.8, 4) is 0 Å². The van der Waals surface area contributed by atoms with Crippen LogP contribution in [0.5, 0.6) is 0 Å². The summed E-state index contributed by atoms with van der Waals surface area (Å²) < 4.78 is 13.1. The van der Waals surface area contributed by atoms with E-state index in [1.54, 1.807) is 12.1 Å². The maximum atomic E-state index is 13.1. The maximum Gasteiger partial charge on any atom is 0.239 e. The first-order chi connectivity index (χ1) is 14.9. The molecule has 0 spiro atoms. The summed E-state index contributed by atoms with van der Waals surface area (Å²) in [7, 11) is 0. The summed E-state index contributed by atoms with van der Waals surface area (Å²) >= 11 is 0. The van der Waals surface area contributed by atoms with Crippen LogP contribution in [-0.4, -0.2) is 97.0 Å². The van der Waals surface area contributed by atoms with Gasteiger partial charge in [-0.05, 0) is 51.0 Å². The van der Waals surface area contributed by atoms with Crippen molar-refractivity contribution in [2.24, 2.45) is 0 Å². The number of carbonyl (C=O) groups is 2. The highest BCUT2D eigenvalue weighted by atomic mass is 19.1. The molecule has 2 saturated heterocycles. The lowest BCUT2D eigenvalue weighted by Gasteiger charge is -2.42. The molecular weight excluding hydrogens is 397 g/mol. The predicted octanol–water partition coefficient (Wildman–Crippen LogP) is 1.15. The first kappa shape index (κ1) is 22.0. The average molecular weight is 432 g/mol. The van der Waals surface area contributed by atoms with E-state index >= 15 is 0 Å². The van der Waals surface area contributed by atoms with Gasteiger partial charge in [-0.15, -0.1) is 0 Å². The molecule has 1 N–H and O–H groups in total. The Morgan fingerprint density at radius 2 is 1.42 bits per heavy atom. The largest absolute Gasteiger partial charge is 0.368 e. The van der Waals surface area contributed by atoms with Gasteiger partial charge in [-0.1, -0.05) is 0 Å². The van der Waals surface area contributed by atoms with Crippen molar-refractivity contribution in [3.63, 3.8) is 0 Å². The molecule has 31 heavy (non-hydrogen) atoms. The molecule has 0 radical (unpaired) electrons. The van der Waals surface area contributed by atoms with Crippen LogP contribution in [0.15, 0.2) is 24.3 Å². The van der Waals surface area contributed by atoms with Crippen molar-refractivity contribution in [1.82, 2.24) is 20.0 Å². The zero-order valence-corrected chi connectivity index (χ0v) is 18.6. The quantitative estimate of drug-likeness (QED) is 0.732. The maximum absolute atomic E-state index is 13.1. The predicted molar refractivity (Wildman–Crippen MR) is 118 cm³/mol. The van der Waals surface area contributed by atoms with Gasteiger partial charge in [-0.2, -0.15) is 0 Å². The molecule has 3 aliphatic rings. The van der Waals surface area contributed by atoms with E-state index < -0.39 is 0 Å². The molecule has 7 nitrogen and oxygen atoms in total. The Labute approximate surface area is 184 Å². The Balaban J connectivity index is 1.22. The molecule has 0 aromatic heterocycles. The molecule has 2 unspecified atom stereocenters. The summed E-state index contributed by atoms with van der Waals surface area (Å²) in [5.41, 5.74) is 0.998. The molecular formula is C23H34FN5O2. The van der Waals surface area contributed by atoms with Crippen LogP contribution in [0.1, 0.15) is 26.7 Å². The molecule has 2 aliphatic heterocycles. The number of nitrogens with one attached hydrogen (secondary N) is 1. The fourth-order valence-corrected chi connectivity index (χ4v) is 4.48. The second kappa shape index (κ2) is 9.53. The second-order valence-corrected chi connectivity index (χ2v) is 9.00. The molecule has 2 heterocycles. The van der Waals surface area contributed by atoms with Gasteiger partial charge in [0.25, 0.3) is 0 Å². The molecule has 170 valence electrons. The minimum absolute atomic E-state index is 0.117. The third-order valence-electron chi connectivity index (χ3n) is 6.89. The Morgan fingerprint density at radius 1 is 0.871 bits per heavy atom. The van der Waals surface area contributed by atoms with Gasteiger partial charge in [0.15, 0.2) is 0 Å². The van der Waals surface area contributed by atoms with Crippen LogP contribution in [0, 0.1) is 5.82 Å². The van der Waals surface area contributed by atoms with Crippen LogP contribution >= 0.6 is 0 Å². The van der Waals surface area contributed by atoms with Gasteiger partial charge in [-0.3, -0.25) is 19.4 Å². The molecule has 1 aromatic carbocycles. The van der Waals surface area contributed by atoms with Crippen molar-refractivity contribution in [1.29, 1.82) is 0 Å². The van der Waals surface area contributed by atoms with E-state index in [0.717, 1.165) is 57.8 Å². The van der Waals surface area contributed by atoms with Crippen molar-refractivity contribution in [2.75, 3.05) is 57.3 Å². The minimum Gasteiger partial charge on any atom is -0.368 e. The van der Waals surface area contributed by atoms with Gasteiger partial charge < -0.3 is 15.1 Å². The lowest BCUT2D eigenvalue weighted by Crippen LogP contribution is -2.59. The summed E-state index contributed by atoms with van der Waals surface area (Å²) in [5, 5.41) is 3.09. The molecule has 4 rings (SSSR count).